The third-order valence-corrected chi connectivity index (χ3v) is 3.37. The third-order valence-electron chi connectivity index (χ3n) is 2.74. The van der Waals surface area contributed by atoms with Crippen LogP contribution >= 0.6 is 23.2 Å². The van der Waals surface area contributed by atoms with Gasteiger partial charge in [0.2, 0.25) is 0 Å². The van der Waals surface area contributed by atoms with Crippen molar-refractivity contribution in [2.24, 2.45) is 0 Å². The maximum Gasteiger partial charge on any atom is 0.0693 e. The molecular formula is C11H14Cl2N2. The summed E-state index contributed by atoms with van der Waals surface area (Å²) >= 11 is 11.9. The Morgan fingerprint density at radius 1 is 1.33 bits per heavy atom. The molecule has 0 saturated heterocycles. The topological polar surface area (TPSA) is 29.3 Å². The number of anilines is 1. The van der Waals surface area contributed by atoms with Crippen LogP contribution in [0.15, 0.2) is 12.1 Å². The van der Waals surface area contributed by atoms with Gasteiger partial charge in [-0.1, -0.05) is 23.2 Å². The van der Waals surface area contributed by atoms with E-state index < -0.39 is 0 Å². The Kier molecular flexibility index (Phi) is 3.10. The van der Waals surface area contributed by atoms with Crippen LogP contribution in [0.5, 0.6) is 0 Å². The molecule has 1 aliphatic carbocycles. The average molecular weight is 245 g/mol. The van der Waals surface area contributed by atoms with Crippen molar-refractivity contribution in [1.29, 1.82) is 0 Å². The van der Waals surface area contributed by atoms with E-state index in [-0.39, 0.29) is 0 Å². The molecule has 0 bridgehead atoms. The van der Waals surface area contributed by atoms with E-state index in [1.807, 2.05) is 12.1 Å². The molecule has 15 heavy (non-hydrogen) atoms. The fourth-order valence-corrected chi connectivity index (χ4v) is 2.19. The van der Waals surface area contributed by atoms with Gasteiger partial charge >= 0.3 is 0 Å². The van der Waals surface area contributed by atoms with Crippen molar-refractivity contribution >= 4 is 28.9 Å². The number of halogens is 2. The van der Waals surface area contributed by atoms with E-state index in [0.717, 1.165) is 18.2 Å². The highest BCUT2D eigenvalue weighted by molar-refractivity contribution is 6.38. The molecule has 1 aromatic carbocycles. The molecule has 1 fully saturated rings. The number of hydrogen-bond acceptors (Lipinski definition) is 2. The lowest BCUT2D eigenvalue weighted by molar-refractivity contribution is 0.316. The lowest BCUT2D eigenvalue weighted by Crippen LogP contribution is -2.19. The van der Waals surface area contributed by atoms with Crippen LogP contribution in [0.1, 0.15) is 18.4 Å². The van der Waals surface area contributed by atoms with Crippen LogP contribution < -0.4 is 5.73 Å². The van der Waals surface area contributed by atoms with Gasteiger partial charge < -0.3 is 5.73 Å². The Hall–Kier alpha value is -0.440. The van der Waals surface area contributed by atoms with Crippen LogP contribution in [0.25, 0.3) is 0 Å². The quantitative estimate of drug-likeness (QED) is 0.829. The summed E-state index contributed by atoms with van der Waals surface area (Å²) in [5.74, 6) is 0. The molecule has 4 heteroatoms. The van der Waals surface area contributed by atoms with Crippen molar-refractivity contribution in [3.63, 3.8) is 0 Å². The standard InChI is InChI=1S/C11H14Cl2N2/c1-15(8-2-3-8)6-7-4-9(12)11(14)10(13)5-7/h4-5,8H,2-3,6,14H2,1H3. The first-order valence-corrected chi connectivity index (χ1v) is 5.77. The van der Waals surface area contributed by atoms with Crippen molar-refractivity contribution in [1.82, 2.24) is 4.90 Å². The van der Waals surface area contributed by atoms with Crippen LogP contribution in [0.3, 0.4) is 0 Å². The first-order chi connectivity index (χ1) is 7.08. The van der Waals surface area contributed by atoms with Gasteiger partial charge in [-0.25, -0.2) is 0 Å². The van der Waals surface area contributed by atoms with Gasteiger partial charge in [-0.3, -0.25) is 4.90 Å². The second kappa shape index (κ2) is 4.20. The van der Waals surface area contributed by atoms with Crippen molar-refractivity contribution in [3.8, 4) is 0 Å². The Bertz CT molecular complexity index is 352. The number of nitrogens with two attached hydrogens (primary N) is 1. The van der Waals surface area contributed by atoms with Gasteiger partial charge in [0.15, 0.2) is 0 Å². The highest BCUT2D eigenvalue weighted by Crippen LogP contribution is 2.31. The normalized spacial score (nSPS) is 16.0. The lowest BCUT2D eigenvalue weighted by Gasteiger charge is -2.16. The van der Waals surface area contributed by atoms with Crippen LogP contribution in [0.4, 0.5) is 5.69 Å². The molecule has 1 aliphatic rings. The summed E-state index contributed by atoms with van der Waals surface area (Å²) in [7, 11) is 2.12. The Morgan fingerprint density at radius 3 is 2.33 bits per heavy atom. The zero-order valence-corrected chi connectivity index (χ0v) is 10.1. The Morgan fingerprint density at radius 2 is 1.87 bits per heavy atom. The van der Waals surface area contributed by atoms with Gasteiger partial charge in [-0.05, 0) is 37.6 Å². The molecule has 2 nitrogen and oxygen atoms in total. The molecule has 82 valence electrons. The molecule has 0 aliphatic heterocycles. The van der Waals surface area contributed by atoms with E-state index in [0.29, 0.717) is 15.7 Å². The third kappa shape index (κ3) is 2.57. The number of nitrogen functional groups attached to an aromatic ring is 1. The molecule has 1 aromatic rings. The summed E-state index contributed by atoms with van der Waals surface area (Å²) in [5.41, 5.74) is 7.26. The largest absolute Gasteiger partial charge is 0.396 e. The molecular weight excluding hydrogens is 231 g/mol. The number of nitrogens with zero attached hydrogens (tertiary/aromatic N) is 1. The number of benzene rings is 1. The van der Waals surface area contributed by atoms with Gasteiger partial charge in [-0.2, -0.15) is 0 Å². The van der Waals surface area contributed by atoms with E-state index in [4.69, 9.17) is 28.9 Å². The summed E-state index contributed by atoms with van der Waals surface area (Å²) in [6, 6.07) is 4.52. The van der Waals surface area contributed by atoms with Crippen LogP contribution in [0.2, 0.25) is 10.0 Å². The molecule has 0 unspecified atom stereocenters. The predicted molar refractivity (Wildman–Crippen MR) is 65.4 cm³/mol. The number of hydrogen-bond donors (Lipinski definition) is 1. The zero-order valence-electron chi connectivity index (χ0n) is 8.63. The van der Waals surface area contributed by atoms with Crippen molar-refractivity contribution < 1.29 is 0 Å². The fourth-order valence-electron chi connectivity index (χ4n) is 1.66. The van der Waals surface area contributed by atoms with Crippen molar-refractivity contribution in [2.75, 3.05) is 12.8 Å². The molecule has 2 N–H and O–H groups in total. The maximum atomic E-state index is 5.97. The predicted octanol–water partition coefficient (Wildman–Crippen LogP) is 3.17. The monoisotopic (exact) mass is 244 g/mol. The van der Waals surface area contributed by atoms with Crippen LogP contribution in [-0.2, 0) is 6.54 Å². The first-order valence-electron chi connectivity index (χ1n) is 5.01. The van der Waals surface area contributed by atoms with Crippen LogP contribution in [0, 0.1) is 0 Å². The zero-order chi connectivity index (χ0) is 11.0. The molecule has 0 aromatic heterocycles. The molecule has 1 saturated carbocycles. The lowest BCUT2D eigenvalue weighted by atomic mass is 10.2. The second-order valence-corrected chi connectivity index (χ2v) is 4.93. The van der Waals surface area contributed by atoms with E-state index in [1.54, 1.807) is 0 Å². The fraction of sp³-hybridized carbons (Fsp3) is 0.455. The molecule has 0 atom stereocenters. The van der Waals surface area contributed by atoms with Gasteiger partial charge in [0.25, 0.3) is 0 Å². The molecule has 0 radical (unpaired) electrons. The first kappa shape index (κ1) is 11.1. The van der Waals surface area contributed by atoms with Gasteiger partial charge in [0.05, 0.1) is 15.7 Å². The SMILES string of the molecule is CN(Cc1cc(Cl)c(N)c(Cl)c1)C1CC1. The second-order valence-electron chi connectivity index (χ2n) is 4.12. The minimum Gasteiger partial charge on any atom is -0.396 e. The molecule has 0 amide bonds. The van der Waals surface area contributed by atoms with E-state index in [2.05, 4.69) is 11.9 Å². The van der Waals surface area contributed by atoms with Crippen LogP contribution in [-0.4, -0.2) is 18.0 Å². The van der Waals surface area contributed by atoms with Gasteiger partial charge in [0.1, 0.15) is 0 Å². The molecule has 0 spiro atoms. The minimum absolute atomic E-state index is 0.469. The summed E-state index contributed by atoms with van der Waals surface area (Å²) in [5, 5.41) is 1.09. The number of rotatable bonds is 3. The van der Waals surface area contributed by atoms with Crippen molar-refractivity contribution in [3.05, 3.63) is 27.7 Å². The van der Waals surface area contributed by atoms with Crippen molar-refractivity contribution in [2.45, 2.75) is 25.4 Å². The average Bonchev–Trinajstić information content (AvgIpc) is 2.96. The van der Waals surface area contributed by atoms with E-state index in [9.17, 15) is 0 Å². The van der Waals surface area contributed by atoms with Gasteiger partial charge in [-0.15, -0.1) is 0 Å². The maximum absolute atomic E-state index is 5.97. The summed E-state index contributed by atoms with van der Waals surface area (Å²) in [4.78, 5) is 2.32. The summed E-state index contributed by atoms with van der Waals surface area (Å²) < 4.78 is 0. The van der Waals surface area contributed by atoms with E-state index in [1.165, 1.54) is 12.8 Å². The highest BCUT2D eigenvalue weighted by atomic mass is 35.5. The summed E-state index contributed by atoms with van der Waals surface area (Å²) in [6.45, 7) is 0.879. The molecule has 2 rings (SSSR count). The Labute approximate surface area is 100.0 Å². The smallest absolute Gasteiger partial charge is 0.0693 e. The minimum atomic E-state index is 0.469. The Balaban J connectivity index is 2.14. The van der Waals surface area contributed by atoms with Gasteiger partial charge in [0, 0.05) is 12.6 Å². The molecule has 0 heterocycles. The summed E-state index contributed by atoms with van der Waals surface area (Å²) in [6.07, 6.45) is 2.60. The van der Waals surface area contributed by atoms with E-state index >= 15 is 0 Å². The highest BCUT2D eigenvalue weighted by Gasteiger charge is 2.26.